The minimum Gasteiger partial charge on any atom is -0.0928 e. The number of allylic oxidation sites excluding steroid dienone is 4. The van der Waals surface area contributed by atoms with Crippen LogP contribution in [-0.2, 0) is 0 Å². The van der Waals surface area contributed by atoms with Gasteiger partial charge in [0.15, 0.2) is 0 Å². The molecule has 0 aromatic heterocycles. The average Bonchev–Trinajstić information content (AvgIpc) is 2.43. The van der Waals surface area contributed by atoms with E-state index in [0.29, 0.717) is 0 Å². The molecule has 0 atom stereocenters. The van der Waals surface area contributed by atoms with Gasteiger partial charge in [0.2, 0.25) is 0 Å². The zero-order valence-electron chi connectivity index (χ0n) is 12.9. The zero-order valence-corrected chi connectivity index (χ0v) is 14.5. The molecule has 0 saturated carbocycles. The lowest BCUT2D eigenvalue weighted by Gasteiger charge is -1.98. The van der Waals surface area contributed by atoms with Gasteiger partial charge >= 0.3 is 0 Å². The van der Waals surface area contributed by atoms with Crippen LogP contribution in [0.2, 0.25) is 0 Å². The number of halogens is 1. The highest BCUT2D eigenvalue weighted by atomic mass is 79.9. The molecule has 0 radical (unpaired) electrons. The van der Waals surface area contributed by atoms with Crippen LogP contribution in [0.3, 0.4) is 0 Å². The normalized spacial score (nSPS) is 11.9. The van der Waals surface area contributed by atoms with Crippen LogP contribution >= 0.6 is 15.9 Å². The first-order valence-electron chi connectivity index (χ1n) is 8.29. The summed E-state index contributed by atoms with van der Waals surface area (Å²) >= 11 is 3.48. The molecule has 0 aromatic carbocycles. The van der Waals surface area contributed by atoms with Crippen molar-refractivity contribution < 1.29 is 0 Å². The van der Waals surface area contributed by atoms with Crippen LogP contribution in [0.25, 0.3) is 0 Å². The molecule has 0 aliphatic heterocycles. The summed E-state index contributed by atoms with van der Waals surface area (Å²) in [6.07, 6.45) is 25.3. The van der Waals surface area contributed by atoms with E-state index in [1.54, 1.807) is 0 Å². The highest BCUT2D eigenvalue weighted by Crippen LogP contribution is 2.08. The quantitative estimate of drug-likeness (QED) is 0.180. The molecule has 0 spiro atoms. The molecular weight excluding hydrogens is 296 g/mol. The van der Waals surface area contributed by atoms with Crippen molar-refractivity contribution in [3.8, 4) is 0 Å². The second kappa shape index (κ2) is 18.0. The number of alkyl halides is 1. The molecule has 0 nitrogen and oxygen atoms in total. The Bertz CT molecular complexity index is 206. The van der Waals surface area contributed by atoms with Gasteiger partial charge in [0.25, 0.3) is 0 Å². The fourth-order valence-electron chi connectivity index (χ4n) is 2.10. The maximum Gasteiger partial charge on any atom is 0.00313 e. The topological polar surface area (TPSA) is 0 Å². The first-order valence-corrected chi connectivity index (χ1v) is 9.41. The maximum absolute atomic E-state index is 3.48. The Kier molecular flexibility index (Phi) is 17.9. The predicted octanol–water partition coefficient (Wildman–Crippen LogP) is 7.19. The molecule has 112 valence electrons. The van der Waals surface area contributed by atoms with Gasteiger partial charge in [0.05, 0.1) is 0 Å². The molecule has 0 amide bonds. The van der Waals surface area contributed by atoms with Crippen LogP contribution < -0.4 is 0 Å². The van der Waals surface area contributed by atoms with Crippen LogP contribution in [0, 0.1) is 0 Å². The third-order valence-electron chi connectivity index (χ3n) is 3.36. The van der Waals surface area contributed by atoms with Crippen molar-refractivity contribution in [3.63, 3.8) is 0 Å². The lowest BCUT2D eigenvalue weighted by molar-refractivity contribution is 0.614. The SMILES string of the molecule is CCCCCC/C=C/C=C/CCCCCCCCBr. The summed E-state index contributed by atoms with van der Waals surface area (Å²) in [6, 6.07) is 0. The van der Waals surface area contributed by atoms with Gasteiger partial charge in [0.1, 0.15) is 0 Å². The van der Waals surface area contributed by atoms with Gasteiger partial charge < -0.3 is 0 Å². The average molecular weight is 329 g/mol. The lowest BCUT2D eigenvalue weighted by Crippen LogP contribution is -1.80. The van der Waals surface area contributed by atoms with Gasteiger partial charge in [-0.2, -0.15) is 0 Å². The van der Waals surface area contributed by atoms with E-state index in [1.807, 2.05) is 0 Å². The van der Waals surface area contributed by atoms with Crippen molar-refractivity contribution in [3.05, 3.63) is 24.3 Å². The Hall–Kier alpha value is -0.0400. The molecule has 0 unspecified atom stereocenters. The van der Waals surface area contributed by atoms with Crippen LogP contribution in [0.15, 0.2) is 24.3 Å². The summed E-state index contributed by atoms with van der Waals surface area (Å²) in [7, 11) is 0. The van der Waals surface area contributed by atoms with Crippen molar-refractivity contribution in [1.29, 1.82) is 0 Å². The van der Waals surface area contributed by atoms with E-state index in [9.17, 15) is 0 Å². The summed E-state index contributed by atoms with van der Waals surface area (Å²) < 4.78 is 0. The molecule has 19 heavy (non-hydrogen) atoms. The van der Waals surface area contributed by atoms with E-state index in [0.717, 1.165) is 0 Å². The zero-order chi connectivity index (χ0) is 14.0. The van der Waals surface area contributed by atoms with Crippen LogP contribution in [0.5, 0.6) is 0 Å². The van der Waals surface area contributed by atoms with Crippen molar-refractivity contribution in [2.24, 2.45) is 0 Å². The number of unbranched alkanes of at least 4 members (excludes halogenated alkanes) is 10. The maximum atomic E-state index is 3.48. The Morgan fingerprint density at radius 3 is 1.63 bits per heavy atom. The van der Waals surface area contributed by atoms with Gasteiger partial charge in [-0.05, 0) is 32.1 Å². The number of rotatable bonds is 14. The van der Waals surface area contributed by atoms with Gasteiger partial charge in [-0.1, -0.05) is 92.1 Å². The van der Waals surface area contributed by atoms with Gasteiger partial charge in [-0.3, -0.25) is 0 Å². The van der Waals surface area contributed by atoms with Crippen LogP contribution in [-0.4, -0.2) is 5.33 Å². The fourth-order valence-corrected chi connectivity index (χ4v) is 2.50. The molecule has 0 rings (SSSR count). The summed E-state index contributed by atoms with van der Waals surface area (Å²) in [5.41, 5.74) is 0. The van der Waals surface area contributed by atoms with Crippen LogP contribution in [0.1, 0.15) is 84.0 Å². The van der Waals surface area contributed by atoms with E-state index >= 15 is 0 Å². The third kappa shape index (κ3) is 18.0. The molecule has 0 N–H and O–H groups in total. The molecule has 0 aromatic rings. The third-order valence-corrected chi connectivity index (χ3v) is 3.92. The van der Waals surface area contributed by atoms with Crippen molar-refractivity contribution in [1.82, 2.24) is 0 Å². The van der Waals surface area contributed by atoms with E-state index in [-0.39, 0.29) is 0 Å². The minimum atomic E-state index is 1.17. The fraction of sp³-hybridized carbons (Fsp3) is 0.778. The Morgan fingerprint density at radius 1 is 0.632 bits per heavy atom. The second-order valence-corrected chi connectivity index (χ2v) is 6.10. The molecule has 0 bridgehead atoms. The molecule has 1 heteroatoms. The van der Waals surface area contributed by atoms with Crippen molar-refractivity contribution in [2.75, 3.05) is 5.33 Å². The molecule has 0 fully saturated rings. The standard InChI is InChI=1S/C18H33Br/c1-2-3-4-5-6-7-8-9-10-11-12-13-14-15-16-17-18-19/h7-10H,2-6,11-18H2,1H3/b8-7+,10-9+. The van der Waals surface area contributed by atoms with E-state index < -0.39 is 0 Å². The monoisotopic (exact) mass is 328 g/mol. The number of hydrogen-bond donors (Lipinski definition) is 0. The highest BCUT2D eigenvalue weighted by molar-refractivity contribution is 9.09. The largest absolute Gasteiger partial charge is 0.0928 e. The summed E-state index contributed by atoms with van der Waals surface area (Å²) in [5, 5.41) is 1.17. The van der Waals surface area contributed by atoms with E-state index in [1.165, 1.54) is 82.4 Å². The van der Waals surface area contributed by atoms with E-state index in [4.69, 9.17) is 0 Å². The smallest absolute Gasteiger partial charge is 0.00313 e. The molecule has 0 heterocycles. The van der Waals surface area contributed by atoms with Gasteiger partial charge in [0, 0.05) is 5.33 Å². The summed E-state index contributed by atoms with van der Waals surface area (Å²) in [4.78, 5) is 0. The van der Waals surface area contributed by atoms with Crippen LogP contribution in [0.4, 0.5) is 0 Å². The summed E-state index contributed by atoms with van der Waals surface area (Å²) in [5.74, 6) is 0. The number of hydrogen-bond acceptors (Lipinski definition) is 0. The van der Waals surface area contributed by atoms with Crippen molar-refractivity contribution in [2.45, 2.75) is 84.0 Å². The second-order valence-electron chi connectivity index (χ2n) is 5.30. The van der Waals surface area contributed by atoms with Gasteiger partial charge in [-0.25, -0.2) is 0 Å². The van der Waals surface area contributed by atoms with Crippen molar-refractivity contribution >= 4 is 15.9 Å². The summed E-state index contributed by atoms with van der Waals surface area (Å²) in [6.45, 7) is 2.26. The Labute approximate surface area is 129 Å². The highest BCUT2D eigenvalue weighted by Gasteiger charge is 1.89. The Morgan fingerprint density at radius 2 is 1.11 bits per heavy atom. The molecule has 0 aliphatic rings. The predicted molar refractivity (Wildman–Crippen MR) is 93.2 cm³/mol. The lowest BCUT2D eigenvalue weighted by atomic mass is 10.1. The van der Waals surface area contributed by atoms with Gasteiger partial charge in [-0.15, -0.1) is 0 Å². The molecule has 0 aliphatic carbocycles. The first kappa shape index (κ1) is 19.0. The molecular formula is C18H33Br. The first-order chi connectivity index (χ1) is 9.41. The minimum absolute atomic E-state index is 1.17. The molecule has 0 saturated heterocycles. The Balaban J connectivity index is 3.14. The van der Waals surface area contributed by atoms with E-state index in [2.05, 4.69) is 47.2 Å².